The smallest absolute Gasteiger partial charge is 0.244 e. The number of methoxy groups -OCH3 is 1. The SMILES string of the molecule is COc1ccc(-c2ccc(CCC(=O)N(CC(=O)Nc3ccccc3)Cc3ccco3)o2)cc1. The summed E-state index contributed by atoms with van der Waals surface area (Å²) in [7, 11) is 1.62. The van der Waals surface area contributed by atoms with Gasteiger partial charge in [0.15, 0.2) is 0 Å². The maximum atomic E-state index is 13.0. The number of aryl methyl sites for hydroxylation is 1. The number of amides is 2. The lowest BCUT2D eigenvalue weighted by atomic mass is 10.2. The molecule has 0 spiro atoms. The number of anilines is 1. The average molecular weight is 459 g/mol. The maximum Gasteiger partial charge on any atom is 0.244 e. The number of nitrogens with zero attached hydrogens (tertiary/aromatic N) is 1. The van der Waals surface area contributed by atoms with Crippen LogP contribution in [0.5, 0.6) is 5.75 Å². The van der Waals surface area contributed by atoms with Crippen LogP contribution in [0.4, 0.5) is 5.69 Å². The Morgan fingerprint density at radius 3 is 2.41 bits per heavy atom. The fourth-order valence-electron chi connectivity index (χ4n) is 3.53. The summed E-state index contributed by atoms with van der Waals surface area (Å²) in [5.41, 5.74) is 1.61. The largest absolute Gasteiger partial charge is 0.497 e. The van der Waals surface area contributed by atoms with E-state index in [0.29, 0.717) is 23.6 Å². The van der Waals surface area contributed by atoms with Crippen LogP contribution in [-0.4, -0.2) is 30.4 Å². The number of carbonyl (C=O) groups excluding carboxylic acids is 2. The Morgan fingerprint density at radius 1 is 0.912 bits per heavy atom. The normalized spacial score (nSPS) is 10.6. The number of carbonyl (C=O) groups is 2. The Kier molecular flexibility index (Phi) is 7.45. The second-order valence-corrected chi connectivity index (χ2v) is 7.74. The van der Waals surface area contributed by atoms with Crippen molar-refractivity contribution < 1.29 is 23.2 Å². The molecule has 4 aromatic rings. The van der Waals surface area contributed by atoms with Gasteiger partial charge in [-0.05, 0) is 60.7 Å². The highest BCUT2D eigenvalue weighted by molar-refractivity contribution is 5.94. The molecular weight excluding hydrogens is 432 g/mol. The van der Waals surface area contributed by atoms with Crippen molar-refractivity contribution in [1.29, 1.82) is 0 Å². The monoisotopic (exact) mass is 458 g/mol. The highest BCUT2D eigenvalue weighted by Gasteiger charge is 2.19. The van der Waals surface area contributed by atoms with Gasteiger partial charge in [0, 0.05) is 24.1 Å². The van der Waals surface area contributed by atoms with E-state index < -0.39 is 0 Å². The Labute approximate surface area is 197 Å². The van der Waals surface area contributed by atoms with Gasteiger partial charge in [0.25, 0.3) is 0 Å². The Hall–Kier alpha value is -4.26. The molecule has 0 aliphatic rings. The fourth-order valence-corrected chi connectivity index (χ4v) is 3.53. The van der Waals surface area contributed by atoms with Gasteiger partial charge in [0.05, 0.1) is 19.9 Å². The van der Waals surface area contributed by atoms with Crippen molar-refractivity contribution >= 4 is 17.5 Å². The lowest BCUT2D eigenvalue weighted by molar-refractivity contribution is -0.135. The molecule has 0 radical (unpaired) electrons. The molecule has 7 nitrogen and oxygen atoms in total. The lowest BCUT2D eigenvalue weighted by Crippen LogP contribution is -2.37. The van der Waals surface area contributed by atoms with E-state index in [1.165, 1.54) is 4.90 Å². The van der Waals surface area contributed by atoms with E-state index in [2.05, 4.69) is 5.32 Å². The summed E-state index contributed by atoms with van der Waals surface area (Å²) >= 11 is 0. The third kappa shape index (κ3) is 6.16. The summed E-state index contributed by atoms with van der Waals surface area (Å²) in [4.78, 5) is 27.1. The number of hydrogen-bond acceptors (Lipinski definition) is 5. The zero-order chi connectivity index (χ0) is 23.8. The number of hydrogen-bond donors (Lipinski definition) is 1. The first-order chi connectivity index (χ1) is 16.6. The highest BCUT2D eigenvalue weighted by Crippen LogP contribution is 2.25. The molecule has 0 atom stereocenters. The average Bonchev–Trinajstić information content (AvgIpc) is 3.55. The van der Waals surface area contributed by atoms with Crippen molar-refractivity contribution in [1.82, 2.24) is 4.90 Å². The summed E-state index contributed by atoms with van der Waals surface area (Å²) in [6.07, 6.45) is 2.17. The van der Waals surface area contributed by atoms with Crippen LogP contribution in [0.2, 0.25) is 0 Å². The third-order valence-corrected chi connectivity index (χ3v) is 5.29. The van der Waals surface area contributed by atoms with Gasteiger partial charge in [-0.1, -0.05) is 18.2 Å². The van der Waals surface area contributed by atoms with Crippen molar-refractivity contribution in [2.24, 2.45) is 0 Å². The van der Waals surface area contributed by atoms with Gasteiger partial charge in [-0.15, -0.1) is 0 Å². The number of benzene rings is 2. The van der Waals surface area contributed by atoms with Crippen molar-refractivity contribution in [3.05, 3.63) is 96.6 Å². The van der Waals surface area contributed by atoms with Gasteiger partial charge in [-0.25, -0.2) is 0 Å². The number of para-hydroxylation sites is 1. The molecule has 2 aromatic carbocycles. The van der Waals surface area contributed by atoms with Crippen LogP contribution in [0.15, 0.2) is 94.0 Å². The number of rotatable bonds is 10. The van der Waals surface area contributed by atoms with E-state index >= 15 is 0 Å². The summed E-state index contributed by atoms with van der Waals surface area (Å²) in [5, 5.41) is 2.82. The summed E-state index contributed by atoms with van der Waals surface area (Å²) in [6.45, 7) is 0.132. The summed E-state index contributed by atoms with van der Waals surface area (Å²) < 4.78 is 16.5. The first-order valence-electron chi connectivity index (χ1n) is 11.0. The van der Waals surface area contributed by atoms with E-state index in [1.807, 2.05) is 54.6 Å². The summed E-state index contributed by atoms with van der Waals surface area (Å²) in [6, 6.07) is 24.0. The number of nitrogens with one attached hydrogen (secondary N) is 1. The van der Waals surface area contributed by atoms with Crippen molar-refractivity contribution in [3.63, 3.8) is 0 Å². The molecule has 0 aliphatic carbocycles. The fraction of sp³-hybridized carbons (Fsp3) is 0.185. The molecule has 0 aliphatic heterocycles. The van der Waals surface area contributed by atoms with Crippen LogP contribution in [0.1, 0.15) is 17.9 Å². The quantitative estimate of drug-likeness (QED) is 0.355. The topological polar surface area (TPSA) is 84.9 Å². The molecule has 0 saturated heterocycles. The molecule has 0 bridgehead atoms. The molecule has 2 amide bonds. The van der Waals surface area contributed by atoms with Gasteiger partial charge >= 0.3 is 0 Å². The second-order valence-electron chi connectivity index (χ2n) is 7.74. The van der Waals surface area contributed by atoms with Gasteiger partial charge < -0.3 is 23.8 Å². The first-order valence-corrected chi connectivity index (χ1v) is 11.0. The van der Waals surface area contributed by atoms with Crippen LogP contribution in [0.3, 0.4) is 0 Å². The molecule has 7 heteroatoms. The minimum absolute atomic E-state index is 0.0797. The Balaban J connectivity index is 1.38. The molecule has 0 saturated carbocycles. The molecule has 2 aromatic heterocycles. The van der Waals surface area contributed by atoms with Crippen molar-refractivity contribution in [2.45, 2.75) is 19.4 Å². The van der Waals surface area contributed by atoms with Gasteiger partial charge in [-0.3, -0.25) is 9.59 Å². The molecule has 0 fully saturated rings. The lowest BCUT2D eigenvalue weighted by Gasteiger charge is -2.21. The van der Waals surface area contributed by atoms with E-state index in [-0.39, 0.29) is 31.3 Å². The molecule has 174 valence electrons. The van der Waals surface area contributed by atoms with E-state index in [1.54, 1.807) is 37.6 Å². The van der Waals surface area contributed by atoms with Crippen LogP contribution in [-0.2, 0) is 22.6 Å². The molecule has 4 rings (SSSR count). The number of ether oxygens (including phenoxy) is 1. The van der Waals surface area contributed by atoms with E-state index in [9.17, 15) is 9.59 Å². The first kappa shape index (κ1) is 22.9. The van der Waals surface area contributed by atoms with Crippen LogP contribution in [0.25, 0.3) is 11.3 Å². The van der Waals surface area contributed by atoms with Crippen molar-refractivity contribution in [2.75, 3.05) is 19.0 Å². The highest BCUT2D eigenvalue weighted by atomic mass is 16.5. The predicted octanol–water partition coefficient (Wildman–Crippen LogP) is 5.15. The third-order valence-electron chi connectivity index (χ3n) is 5.29. The second kappa shape index (κ2) is 11.0. The van der Waals surface area contributed by atoms with Crippen LogP contribution >= 0.6 is 0 Å². The van der Waals surface area contributed by atoms with Crippen LogP contribution in [0, 0.1) is 0 Å². The van der Waals surface area contributed by atoms with E-state index in [0.717, 1.165) is 17.1 Å². The Morgan fingerprint density at radius 2 is 1.71 bits per heavy atom. The summed E-state index contributed by atoms with van der Waals surface area (Å²) in [5.74, 6) is 2.37. The minimum Gasteiger partial charge on any atom is -0.497 e. The standard InChI is InChI=1S/C27H26N2O5/c1-32-22-11-9-20(10-12-22)25-15-13-23(34-25)14-16-27(31)29(18-24-8-5-17-33-24)19-26(30)28-21-6-3-2-4-7-21/h2-13,15,17H,14,16,18-19H2,1H3,(H,28,30). The van der Waals surface area contributed by atoms with Gasteiger partial charge in [0.2, 0.25) is 11.8 Å². The molecule has 0 unspecified atom stereocenters. The zero-order valence-corrected chi connectivity index (χ0v) is 18.9. The van der Waals surface area contributed by atoms with E-state index in [4.69, 9.17) is 13.6 Å². The van der Waals surface area contributed by atoms with Crippen LogP contribution < -0.4 is 10.1 Å². The van der Waals surface area contributed by atoms with Gasteiger partial charge in [0.1, 0.15) is 29.6 Å². The molecule has 34 heavy (non-hydrogen) atoms. The molecule has 2 heterocycles. The molecular formula is C27H26N2O5. The van der Waals surface area contributed by atoms with Crippen molar-refractivity contribution in [3.8, 4) is 17.1 Å². The Bertz CT molecular complexity index is 1200. The number of furan rings is 2. The minimum atomic E-state index is -0.272. The zero-order valence-electron chi connectivity index (χ0n) is 18.9. The predicted molar refractivity (Wildman–Crippen MR) is 128 cm³/mol. The van der Waals surface area contributed by atoms with Gasteiger partial charge in [-0.2, -0.15) is 0 Å². The molecule has 1 N–H and O–H groups in total. The maximum absolute atomic E-state index is 13.0.